The molecule has 0 fully saturated rings. The van der Waals surface area contributed by atoms with Gasteiger partial charge in [0.15, 0.2) is 5.43 Å². The van der Waals surface area contributed by atoms with Gasteiger partial charge in [-0.2, -0.15) is 0 Å². The van der Waals surface area contributed by atoms with E-state index in [1.165, 1.54) is 17.9 Å². The molecule has 1 aromatic heterocycles. The third-order valence-corrected chi connectivity index (χ3v) is 2.13. The lowest BCUT2D eigenvalue weighted by Crippen LogP contribution is -2.09. The fourth-order valence-electron chi connectivity index (χ4n) is 1.44. The van der Waals surface area contributed by atoms with E-state index in [0.29, 0.717) is 0 Å². The standard InChI is InChI=1S/C10H10O2/c1-7-2-3-10-8(6-7)9(11)4-5-12-10/h4-6H,2-3H2,1H3. The van der Waals surface area contributed by atoms with Crippen molar-refractivity contribution < 1.29 is 4.42 Å². The molecule has 2 heteroatoms. The molecule has 0 radical (unpaired) electrons. The Kier molecular flexibility index (Phi) is 1.61. The molecule has 62 valence electrons. The Morgan fingerprint density at radius 2 is 2.25 bits per heavy atom. The molecular weight excluding hydrogens is 152 g/mol. The topological polar surface area (TPSA) is 30.2 Å². The van der Waals surface area contributed by atoms with Crippen LogP contribution in [0.3, 0.4) is 0 Å². The molecule has 12 heavy (non-hydrogen) atoms. The van der Waals surface area contributed by atoms with Gasteiger partial charge >= 0.3 is 0 Å². The van der Waals surface area contributed by atoms with Gasteiger partial charge in [0.25, 0.3) is 0 Å². The van der Waals surface area contributed by atoms with E-state index in [0.717, 1.165) is 24.2 Å². The van der Waals surface area contributed by atoms with E-state index in [-0.39, 0.29) is 5.43 Å². The zero-order valence-corrected chi connectivity index (χ0v) is 6.96. The molecule has 1 aromatic rings. The average Bonchev–Trinajstić information content (AvgIpc) is 2.07. The number of hydrogen-bond donors (Lipinski definition) is 0. The minimum absolute atomic E-state index is 0.0651. The van der Waals surface area contributed by atoms with Gasteiger partial charge in [0.05, 0.1) is 11.8 Å². The molecule has 0 saturated heterocycles. The predicted octanol–water partition coefficient (Wildman–Crippen LogP) is 1.99. The second kappa shape index (κ2) is 2.63. The van der Waals surface area contributed by atoms with Crippen molar-refractivity contribution in [3.8, 4) is 0 Å². The van der Waals surface area contributed by atoms with E-state index in [4.69, 9.17) is 4.42 Å². The average molecular weight is 162 g/mol. The molecule has 1 aliphatic carbocycles. The zero-order valence-electron chi connectivity index (χ0n) is 6.96. The van der Waals surface area contributed by atoms with E-state index in [9.17, 15) is 4.79 Å². The third kappa shape index (κ3) is 1.09. The molecule has 0 amide bonds. The Morgan fingerprint density at radius 1 is 1.42 bits per heavy atom. The van der Waals surface area contributed by atoms with Crippen molar-refractivity contribution in [1.82, 2.24) is 0 Å². The van der Waals surface area contributed by atoms with E-state index in [1.54, 1.807) is 0 Å². The summed E-state index contributed by atoms with van der Waals surface area (Å²) in [7, 11) is 0. The maximum Gasteiger partial charge on any atom is 0.192 e. The lowest BCUT2D eigenvalue weighted by atomic mass is 9.98. The maximum atomic E-state index is 11.3. The van der Waals surface area contributed by atoms with Crippen molar-refractivity contribution in [1.29, 1.82) is 0 Å². The molecule has 0 bridgehead atoms. The number of fused-ring (bicyclic) bond motifs is 1. The SMILES string of the molecule is CC1=Cc2c(occc2=O)CC1. The summed E-state index contributed by atoms with van der Waals surface area (Å²) in [6, 6.07) is 1.47. The molecule has 0 spiro atoms. The lowest BCUT2D eigenvalue weighted by molar-refractivity contribution is 0.485. The van der Waals surface area contributed by atoms with E-state index >= 15 is 0 Å². The molecular formula is C10H10O2. The molecule has 2 rings (SSSR count). The van der Waals surface area contributed by atoms with Gasteiger partial charge in [-0.1, -0.05) is 5.57 Å². The van der Waals surface area contributed by atoms with Crippen LogP contribution >= 0.6 is 0 Å². The summed E-state index contributed by atoms with van der Waals surface area (Å²) >= 11 is 0. The second-order valence-electron chi connectivity index (χ2n) is 3.11. The Morgan fingerprint density at radius 3 is 3.08 bits per heavy atom. The summed E-state index contributed by atoms with van der Waals surface area (Å²) in [6.07, 6.45) is 5.24. The Labute approximate surface area is 70.5 Å². The minimum atomic E-state index is 0.0651. The highest BCUT2D eigenvalue weighted by atomic mass is 16.3. The van der Waals surface area contributed by atoms with Gasteiger partial charge < -0.3 is 4.42 Å². The molecule has 0 N–H and O–H groups in total. The van der Waals surface area contributed by atoms with Gasteiger partial charge in [0.1, 0.15) is 5.76 Å². The predicted molar refractivity (Wildman–Crippen MR) is 47.0 cm³/mol. The Bertz CT molecular complexity index is 385. The summed E-state index contributed by atoms with van der Waals surface area (Å²) in [5, 5.41) is 0. The fraction of sp³-hybridized carbons (Fsp3) is 0.300. The highest BCUT2D eigenvalue weighted by Gasteiger charge is 2.11. The van der Waals surface area contributed by atoms with Crippen LogP contribution in [0.1, 0.15) is 24.7 Å². The Balaban J connectivity index is 2.67. The largest absolute Gasteiger partial charge is 0.468 e. The molecule has 1 aliphatic rings. The van der Waals surface area contributed by atoms with Crippen LogP contribution in [0, 0.1) is 0 Å². The van der Waals surface area contributed by atoms with Crippen molar-refractivity contribution >= 4 is 6.08 Å². The number of allylic oxidation sites excluding steroid dienone is 1. The van der Waals surface area contributed by atoms with Gasteiger partial charge in [0, 0.05) is 12.5 Å². The minimum Gasteiger partial charge on any atom is -0.468 e. The van der Waals surface area contributed by atoms with Gasteiger partial charge in [-0.25, -0.2) is 0 Å². The molecule has 0 saturated carbocycles. The van der Waals surface area contributed by atoms with Crippen LogP contribution in [0.2, 0.25) is 0 Å². The third-order valence-electron chi connectivity index (χ3n) is 2.13. The van der Waals surface area contributed by atoms with Crippen LogP contribution in [0.25, 0.3) is 6.08 Å². The smallest absolute Gasteiger partial charge is 0.192 e. The molecule has 0 unspecified atom stereocenters. The van der Waals surface area contributed by atoms with Crippen molar-refractivity contribution in [2.45, 2.75) is 19.8 Å². The first kappa shape index (κ1) is 7.35. The first-order valence-corrected chi connectivity index (χ1v) is 4.05. The van der Waals surface area contributed by atoms with Crippen LogP contribution in [-0.2, 0) is 6.42 Å². The Hall–Kier alpha value is -1.31. The maximum absolute atomic E-state index is 11.3. The van der Waals surface area contributed by atoms with Gasteiger partial charge in [0.2, 0.25) is 0 Å². The highest BCUT2D eigenvalue weighted by Crippen LogP contribution is 2.20. The fourth-order valence-corrected chi connectivity index (χ4v) is 1.44. The summed E-state index contributed by atoms with van der Waals surface area (Å²) in [5.41, 5.74) is 2.05. The zero-order chi connectivity index (χ0) is 8.55. The van der Waals surface area contributed by atoms with Gasteiger partial charge in [-0.05, 0) is 19.4 Å². The first-order valence-electron chi connectivity index (χ1n) is 4.05. The molecule has 2 nitrogen and oxygen atoms in total. The van der Waals surface area contributed by atoms with Crippen molar-refractivity contribution in [3.05, 3.63) is 39.4 Å². The monoisotopic (exact) mass is 162 g/mol. The first-order chi connectivity index (χ1) is 5.77. The molecule has 0 aromatic carbocycles. The number of aryl methyl sites for hydroxylation is 1. The summed E-state index contributed by atoms with van der Waals surface area (Å²) in [6.45, 7) is 2.04. The summed E-state index contributed by atoms with van der Waals surface area (Å²) < 4.78 is 5.23. The van der Waals surface area contributed by atoms with Crippen LogP contribution in [0.15, 0.2) is 27.1 Å². The molecule has 0 atom stereocenters. The van der Waals surface area contributed by atoms with Gasteiger partial charge in [-0.3, -0.25) is 4.79 Å². The van der Waals surface area contributed by atoms with E-state index in [2.05, 4.69) is 0 Å². The number of hydrogen-bond acceptors (Lipinski definition) is 2. The van der Waals surface area contributed by atoms with Crippen molar-refractivity contribution in [2.75, 3.05) is 0 Å². The van der Waals surface area contributed by atoms with Crippen molar-refractivity contribution in [3.63, 3.8) is 0 Å². The quantitative estimate of drug-likeness (QED) is 0.584. The normalized spacial score (nSPS) is 15.2. The molecule has 0 aliphatic heterocycles. The van der Waals surface area contributed by atoms with E-state index < -0.39 is 0 Å². The highest BCUT2D eigenvalue weighted by molar-refractivity contribution is 5.56. The summed E-state index contributed by atoms with van der Waals surface area (Å²) in [5.74, 6) is 0.827. The summed E-state index contributed by atoms with van der Waals surface area (Å²) in [4.78, 5) is 11.3. The van der Waals surface area contributed by atoms with Crippen LogP contribution in [0.4, 0.5) is 0 Å². The van der Waals surface area contributed by atoms with Crippen LogP contribution in [0.5, 0.6) is 0 Å². The molecule has 1 heterocycles. The van der Waals surface area contributed by atoms with Crippen LogP contribution in [-0.4, -0.2) is 0 Å². The van der Waals surface area contributed by atoms with E-state index in [1.807, 2.05) is 13.0 Å². The van der Waals surface area contributed by atoms with Gasteiger partial charge in [-0.15, -0.1) is 0 Å². The second-order valence-corrected chi connectivity index (χ2v) is 3.11. The van der Waals surface area contributed by atoms with Crippen LogP contribution < -0.4 is 5.43 Å². The lowest BCUT2D eigenvalue weighted by Gasteiger charge is -2.10. The number of rotatable bonds is 0. The van der Waals surface area contributed by atoms with Crippen molar-refractivity contribution in [2.24, 2.45) is 0 Å².